The van der Waals surface area contributed by atoms with E-state index in [1.54, 1.807) is 7.11 Å². The Morgan fingerprint density at radius 1 is 1.17 bits per heavy atom. The van der Waals surface area contributed by atoms with E-state index < -0.39 is 0 Å². The number of thioether (sulfide) groups is 1. The number of carbonyl (C=O) groups is 1. The molecule has 0 aliphatic carbocycles. The Balaban J connectivity index is 1.79. The van der Waals surface area contributed by atoms with Gasteiger partial charge in [0.1, 0.15) is 11.6 Å². The highest BCUT2D eigenvalue weighted by atomic mass is 32.2. The van der Waals surface area contributed by atoms with E-state index in [9.17, 15) is 9.18 Å². The maximum atomic E-state index is 12.9. The first-order chi connectivity index (χ1) is 11.6. The molecule has 2 aromatic carbocycles. The number of halogens is 1. The summed E-state index contributed by atoms with van der Waals surface area (Å²) in [6, 6.07) is 13.3. The van der Waals surface area contributed by atoms with Crippen LogP contribution in [0.1, 0.15) is 15.9 Å². The van der Waals surface area contributed by atoms with Crippen LogP contribution in [0.3, 0.4) is 0 Å². The molecule has 0 fully saturated rings. The van der Waals surface area contributed by atoms with E-state index in [4.69, 9.17) is 4.74 Å². The molecule has 0 radical (unpaired) electrons. The molecule has 0 spiro atoms. The Morgan fingerprint density at radius 2 is 1.92 bits per heavy atom. The van der Waals surface area contributed by atoms with E-state index in [0.29, 0.717) is 5.56 Å². The number of rotatable bonds is 5. The highest BCUT2D eigenvalue weighted by molar-refractivity contribution is 7.99. The third-order valence-corrected chi connectivity index (χ3v) is 4.63. The lowest BCUT2D eigenvalue weighted by atomic mass is 10.1. The fourth-order valence-corrected chi connectivity index (χ4v) is 3.28. The van der Waals surface area contributed by atoms with Crippen molar-refractivity contribution in [2.24, 2.45) is 0 Å². The molecule has 1 aromatic heterocycles. The fraction of sp³-hybridized carbons (Fsp3) is 0.158. The summed E-state index contributed by atoms with van der Waals surface area (Å²) in [5, 5.41) is 1.84. The number of methoxy groups -OCH3 is 1. The predicted octanol–water partition coefficient (Wildman–Crippen LogP) is 4.67. The van der Waals surface area contributed by atoms with E-state index in [2.05, 4.69) is 4.98 Å². The number of carbonyl (C=O) groups excluding carboxylic acids is 1. The molecular weight excluding hydrogens is 325 g/mol. The Kier molecular flexibility index (Phi) is 4.81. The highest BCUT2D eigenvalue weighted by Gasteiger charge is 2.09. The van der Waals surface area contributed by atoms with E-state index in [0.717, 1.165) is 27.2 Å². The second-order valence-electron chi connectivity index (χ2n) is 5.38. The lowest BCUT2D eigenvalue weighted by molar-refractivity contribution is 0.102. The number of Topliss-reactive ketones (excluding diaryl/α,β-unsaturated/α-hetero) is 1. The third kappa shape index (κ3) is 3.57. The topological polar surface area (TPSA) is 39.2 Å². The van der Waals surface area contributed by atoms with Gasteiger partial charge in [-0.05, 0) is 55.0 Å². The van der Waals surface area contributed by atoms with Gasteiger partial charge in [-0.2, -0.15) is 0 Å². The third-order valence-electron chi connectivity index (χ3n) is 3.72. The molecule has 0 saturated heterocycles. The van der Waals surface area contributed by atoms with Gasteiger partial charge in [0.2, 0.25) is 0 Å². The summed E-state index contributed by atoms with van der Waals surface area (Å²) < 4.78 is 18.2. The molecule has 0 atom stereocenters. The van der Waals surface area contributed by atoms with Crippen molar-refractivity contribution < 1.29 is 13.9 Å². The largest absolute Gasteiger partial charge is 0.497 e. The van der Waals surface area contributed by atoms with Crippen LogP contribution < -0.4 is 4.74 Å². The molecule has 0 aliphatic rings. The first-order valence-electron chi connectivity index (χ1n) is 7.44. The standard InChI is InChI=1S/C19H16FNO2S/c1-12-9-19(21-17-10-15(23-2)7-8-16(12)17)24-11-18(22)13-3-5-14(20)6-4-13/h3-10H,11H2,1-2H3. The smallest absolute Gasteiger partial charge is 0.173 e. The van der Waals surface area contributed by atoms with Gasteiger partial charge >= 0.3 is 0 Å². The van der Waals surface area contributed by atoms with Crippen LogP contribution in [-0.4, -0.2) is 23.6 Å². The van der Waals surface area contributed by atoms with Crippen LogP contribution in [0.2, 0.25) is 0 Å². The van der Waals surface area contributed by atoms with Crippen LogP contribution in [0.15, 0.2) is 53.6 Å². The molecule has 5 heteroatoms. The molecule has 0 N–H and O–H groups in total. The zero-order valence-electron chi connectivity index (χ0n) is 13.4. The molecule has 0 amide bonds. The maximum absolute atomic E-state index is 12.9. The van der Waals surface area contributed by atoms with Gasteiger partial charge in [-0.3, -0.25) is 4.79 Å². The van der Waals surface area contributed by atoms with Crippen molar-refractivity contribution in [1.29, 1.82) is 0 Å². The van der Waals surface area contributed by atoms with Crippen LogP contribution in [0.4, 0.5) is 4.39 Å². The molecule has 122 valence electrons. The van der Waals surface area contributed by atoms with Crippen molar-refractivity contribution in [2.45, 2.75) is 11.9 Å². The summed E-state index contributed by atoms with van der Waals surface area (Å²) in [5.41, 5.74) is 2.44. The lowest BCUT2D eigenvalue weighted by Gasteiger charge is -2.08. The zero-order chi connectivity index (χ0) is 17.1. The monoisotopic (exact) mass is 341 g/mol. The van der Waals surface area contributed by atoms with Crippen molar-refractivity contribution in [1.82, 2.24) is 4.98 Å². The van der Waals surface area contributed by atoms with Gasteiger partial charge < -0.3 is 4.74 Å². The van der Waals surface area contributed by atoms with Gasteiger partial charge in [0, 0.05) is 17.0 Å². The van der Waals surface area contributed by atoms with Crippen LogP contribution >= 0.6 is 11.8 Å². The predicted molar refractivity (Wildman–Crippen MR) is 94.5 cm³/mol. The molecule has 0 saturated carbocycles. The van der Waals surface area contributed by atoms with Crippen LogP contribution in [-0.2, 0) is 0 Å². The zero-order valence-corrected chi connectivity index (χ0v) is 14.2. The SMILES string of the molecule is COc1ccc2c(C)cc(SCC(=O)c3ccc(F)cc3)nc2c1. The quantitative estimate of drug-likeness (QED) is 0.499. The van der Waals surface area contributed by atoms with E-state index in [1.165, 1.54) is 36.0 Å². The summed E-state index contributed by atoms with van der Waals surface area (Å²) in [7, 11) is 1.62. The van der Waals surface area contributed by atoms with Gasteiger partial charge in [-0.1, -0.05) is 11.8 Å². The first kappa shape index (κ1) is 16.5. The number of fused-ring (bicyclic) bond motifs is 1. The molecular formula is C19H16FNO2S. The summed E-state index contributed by atoms with van der Waals surface area (Å²) in [5.74, 6) is 0.609. The molecule has 3 nitrogen and oxygen atoms in total. The second kappa shape index (κ2) is 7.01. The van der Waals surface area contributed by atoms with Crippen molar-refractivity contribution in [3.8, 4) is 5.75 Å². The van der Waals surface area contributed by atoms with Gasteiger partial charge in [0.25, 0.3) is 0 Å². The number of hydrogen-bond donors (Lipinski definition) is 0. The van der Waals surface area contributed by atoms with Crippen LogP contribution in [0, 0.1) is 12.7 Å². The van der Waals surface area contributed by atoms with Gasteiger partial charge in [-0.15, -0.1) is 0 Å². The molecule has 0 unspecified atom stereocenters. The van der Waals surface area contributed by atoms with E-state index in [1.807, 2.05) is 31.2 Å². The number of aromatic nitrogens is 1. The second-order valence-corrected chi connectivity index (χ2v) is 6.37. The highest BCUT2D eigenvalue weighted by Crippen LogP contribution is 2.27. The Bertz CT molecular complexity index is 894. The minimum Gasteiger partial charge on any atom is -0.497 e. The number of hydrogen-bond acceptors (Lipinski definition) is 4. The van der Waals surface area contributed by atoms with Crippen molar-refractivity contribution >= 4 is 28.4 Å². The van der Waals surface area contributed by atoms with Crippen LogP contribution in [0.5, 0.6) is 5.75 Å². The number of ether oxygens (including phenoxy) is 1. The average Bonchev–Trinajstić information content (AvgIpc) is 2.59. The number of nitrogens with zero attached hydrogens (tertiary/aromatic N) is 1. The first-order valence-corrected chi connectivity index (χ1v) is 8.42. The minimum atomic E-state index is -0.347. The van der Waals surface area contributed by atoms with E-state index >= 15 is 0 Å². The van der Waals surface area contributed by atoms with Gasteiger partial charge in [0.15, 0.2) is 5.78 Å². The molecule has 1 heterocycles. The Labute approximate surface area is 143 Å². The Morgan fingerprint density at radius 3 is 2.62 bits per heavy atom. The van der Waals surface area contributed by atoms with Gasteiger partial charge in [-0.25, -0.2) is 9.37 Å². The normalized spacial score (nSPS) is 10.8. The molecule has 24 heavy (non-hydrogen) atoms. The summed E-state index contributed by atoms with van der Waals surface area (Å²) in [6.45, 7) is 2.02. The maximum Gasteiger partial charge on any atom is 0.173 e. The average molecular weight is 341 g/mol. The molecule has 3 rings (SSSR count). The van der Waals surface area contributed by atoms with E-state index in [-0.39, 0.29) is 17.4 Å². The molecule has 3 aromatic rings. The summed E-state index contributed by atoms with van der Waals surface area (Å²) in [4.78, 5) is 16.8. The number of pyridine rings is 1. The van der Waals surface area contributed by atoms with Crippen molar-refractivity contribution in [3.05, 3.63) is 65.5 Å². The van der Waals surface area contributed by atoms with Crippen LogP contribution in [0.25, 0.3) is 10.9 Å². The lowest BCUT2D eigenvalue weighted by Crippen LogP contribution is -2.02. The Hall–Kier alpha value is -2.40. The molecule has 0 bridgehead atoms. The number of ketones is 1. The van der Waals surface area contributed by atoms with Gasteiger partial charge in [0.05, 0.1) is 23.4 Å². The van der Waals surface area contributed by atoms with Crippen molar-refractivity contribution in [3.63, 3.8) is 0 Å². The summed E-state index contributed by atoms with van der Waals surface area (Å²) in [6.07, 6.45) is 0. The number of aryl methyl sites for hydroxylation is 1. The fourth-order valence-electron chi connectivity index (χ4n) is 2.41. The molecule has 0 aliphatic heterocycles. The van der Waals surface area contributed by atoms with Crippen molar-refractivity contribution in [2.75, 3.05) is 12.9 Å². The number of benzene rings is 2. The summed E-state index contributed by atoms with van der Waals surface area (Å²) >= 11 is 1.37. The minimum absolute atomic E-state index is 0.0507.